The number of benzene rings is 2. The second-order valence-corrected chi connectivity index (χ2v) is 7.29. The first-order chi connectivity index (χ1) is 13.5. The Balaban J connectivity index is 0.00000109. The lowest BCUT2D eigenvalue weighted by Gasteiger charge is -2.28. The Bertz CT molecular complexity index is 900. The van der Waals surface area contributed by atoms with Gasteiger partial charge in [-0.15, -0.1) is 0 Å². The number of phenols is 1. The lowest BCUT2D eigenvalue weighted by Crippen LogP contribution is -2.25. The number of rotatable bonds is 2. The van der Waals surface area contributed by atoms with Crippen molar-refractivity contribution in [1.29, 1.82) is 0 Å². The van der Waals surface area contributed by atoms with Crippen LogP contribution in [-0.4, -0.2) is 48.6 Å². The second kappa shape index (κ2) is 8.63. The number of nitrogens with two attached hydrogens (primary N) is 1. The SMILES string of the molecule is CC.CN1CC=C(c2ccc(C3c4ccccc4C(N)=CCN3C)c(O)c2)C1. The fourth-order valence-corrected chi connectivity index (χ4v) is 3.97. The van der Waals surface area contributed by atoms with E-state index in [4.69, 9.17) is 5.73 Å². The Morgan fingerprint density at radius 1 is 0.964 bits per heavy atom. The summed E-state index contributed by atoms with van der Waals surface area (Å²) >= 11 is 0. The quantitative estimate of drug-likeness (QED) is 0.828. The van der Waals surface area contributed by atoms with Crippen molar-refractivity contribution in [2.45, 2.75) is 19.9 Å². The molecule has 0 radical (unpaired) electrons. The van der Waals surface area contributed by atoms with Crippen LogP contribution in [0, 0.1) is 0 Å². The molecule has 0 spiro atoms. The smallest absolute Gasteiger partial charge is 0.121 e. The zero-order valence-electron chi connectivity index (χ0n) is 17.3. The first-order valence-electron chi connectivity index (χ1n) is 10.0. The van der Waals surface area contributed by atoms with Crippen LogP contribution in [0.15, 0.2) is 54.6 Å². The molecule has 0 aromatic heterocycles. The molecule has 0 saturated carbocycles. The second-order valence-electron chi connectivity index (χ2n) is 7.29. The van der Waals surface area contributed by atoms with Gasteiger partial charge in [-0.05, 0) is 42.9 Å². The lowest BCUT2D eigenvalue weighted by molar-refractivity contribution is 0.303. The molecular weight excluding hydrogens is 346 g/mol. The van der Waals surface area contributed by atoms with Crippen LogP contribution in [0.2, 0.25) is 0 Å². The molecule has 1 unspecified atom stereocenters. The molecule has 0 amide bonds. The van der Waals surface area contributed by atoms with Gasteiger partial charge in [-0.2, -0.15) is 0 Å². The third kappa shape index (κ3) is 3.84. The van der Waals surface area contributed by atoms with E-state index in [1.807, 2.05) is 38.1 Å². The number of likely N-dealkylation sites (N-methyl/N-ethyl adjacent to an activating group) is 2. The summed E-state index contributed by atoms with van der Waals surface area (Å²) in [6.07, 6.45) is 4.27. The summed E-state index contributed by atoms with van der Waals surface area (Å²) in [5.74, 6) is 0.338. The van der Waals surface area contributed by atoms with Crippen molar-refractivity contribution in [1.82, 2.24) is 9.80 Å². The van der Waals surface area contributed by atoms with E-state index in [2.05, 4.69) is 54.2 Å². The van der Waals surface area contributed by atoms with E-state index in [1.165, 1.54) is 5.57 Å². The van der Waals surface area contributed by atoms with Gasteiger partial charge in [0.05, 0.1) is 6.04 Å². The van der Waals surface area contributed by atoms with Gasteiger partial charge in [-0.25, -0.2) is 0 Å². The third-order valence-electron chi connectivity index (χ3n) is 5.39. The molecule has 0 saturated heterocycles. The maximum Gasteiger partial charge on any atom is 0.121 e. The monoisotopic (exact) mass is 377 g/mol. The minimum Gasteiger partial charge on any atom is -0.508 e. The molecule has 3 N–H and O–H groups in total. The van der Waals surface area contributed by atoms with E-state index >= 15 is 0 Å². The van der Waals surface area contributed by atoms with Crippen molar-refractivity contribution < 1.29 is 5.11 Å². The summed E-state index contributed by atoms with van der Waals surface area (Å²) < 4.78 is 0. The van der Waals surface area contributed by atoms with Crippen molar-refractivity contribution in [2.24, 2.45) is 5.73 Å². The van der Waals surface area contributed by atoms with Crippen LogP contribution in [0.5, 0.6) is 5.75 Å². The highest BCUT2D eigenvalue weighted by atomic mass is 16.3. The average Bonchev–Trinajstić information content (AvgIpc) is 3.11. The number of phenolic OH excluding ortho intramolecular Hbond substituents is 1. The van der Waals surface area contributed by atoms with E-state index < -0.39 is 0 Å². The van der Waals surface area contributed by atoms with Crippen molar-refractivity contribution in [3.05, 3.63) is 76.9 Å². The van der Waals surface area contributed by atoms with Crippen LogP contribution in [0.3, 0.4) is 0 Å². The predicted octanol–water partition coefficient (Wildman–Crippen LogP) is 4.08. The lowest BCUT2D eigenvalue weighted by atomic mass is 9.91. The van der Waals surface area contributed by atoms with Crippen LogP contribution in [0.4, 0.5) is 0 Å². The molecule has 2 aromatic carbocycles. The molecule has 28 heavy (non-hydrogen) atoms. The predicted molar refractivity (Wildman–Crippen MR) is 118 cm³/mol. The van der Waals surface area contributed by atoms with Crippen LogP contribution >= 0.6 is 0 Å². The van der Waals surface area contributed by atoms with Crippen molar-refractivity contribution in [3.8, 4) is 5.75 Å². The van der Waals surface area contributed by atoms with Crippen LogP contribution in [0.25, 0.3) is 11.3 Å². The van der Waals surface area contributed by atoms with Crippen molar-refractivity contribution >= 4 is 11.3 Å². The van der Waals surface area contributed by atoms with Gasteiger partial charge >= 0.3 is 0 Å². The Morgan fingerprint density at radius 2 is 1.71 bits per heavy atom. The number of hydrogen-bond donors (Lipinski definition) is 2. The molecule has 2 heterocycles. The van der Waals surface area contributed by atoms with Gasteiger partial charge < -0.3 is 10.8 Å². The first kappa shape index (κ1) is 20.2. The molecule has 0 fully saturated rings. The summed E-state index contributed by atoms with van der Waals surface area (Å²) in [5.41, 5.74) is 12.5. The molecule has 4 heteroatoms. The highest BCUT2D eigenvalue weighted by Gasteiger charge is 2.27. The summed E-state index contributed by atoms with van der Waals surface area (Å²) in [6.45, 7) is 6.62. The number of hydrogen-bond acceptors (Lipinski definition) is 4. The minimum absolute atomic E-state index is 0.0298. The molecule has 148 valence electrons. The molecule has 4 rings (SSSR count). The van der Waals surface area contributed by atoms with Gasteiger partial charge in [0.1, 0.15) is 5.75 Å². The fourth-order valence-electron chi connectivity index (χ4n) is 3.97. The summed E-state index contributed by atoms with van der Waals surface area (Å²) in [5, 5.41) is 10.9. The van der Waals surface area contributed by atoms with Crippen LogP contribution < -0.4 is 5.73 Å². The maximum absolute atomic E-state index is 10.9. The number of aromatic hydroxyl groups is 1. The van der Waals surface area contributed by atoms with Gasteiger partial charge in [0.25, 0.3) is 0 Å². The van der Waals surface area contributed by atoms with Gasteiger partial charge in [0.15, 0.2) is 0 Å². The molecule has 1 atom stereocenters. The maximum atomic E-state index is 10.9. The van der Waals surface area contributed by atoms with E-state index in [0.29, 0.717) is 5.75 Å². The van der Waals surface area contributed by atoms with E-state index in [9.17, 15) is 5.11 Å². The largest absolute Gasteiger partial charge is 0.508 e. The molecule has 0 aliphatic carbocycles. The van der Waals surface area contributed by atoms with E-state index in [1.54, 1.807) is 0 Å². The Morgan fingerprint density at radius 3 is 2.39 bits per heavy atom. The number of fused-ring (bicyclic) bond motifs is 1. The molecular formula is C24H31N3O. The van der Waals surface area contributed by atoms with E-state index in [-0.39, 0.29) is 6.04 Å². The zero-order chi connectivity index (χ0) is 20.3. The average molecular weight is 378 g/mol. The summed E-state index contributed by atoms with van der Waals surface area (Å²) in [4.78, 5) is 4.47. The van der Waals surface area contributed by atoms with Crippen molar-refractivity contribution in [2.75, 3.05) is 33.7 Å². The highest BCUT2D eigenvalue weighted by molar-refractivity contribution is 5.72. The molecule has 4 nitrogen and oxygen atoms in total. The zero-order valence-corrected chi connectivity index (χ0v) is 17.3. The molecule has 2 aromatic rings. The standard InChI is InChI=1S/C22H25N3O.C2H6/c1-24-11-9-16(14-24)15-7-8-19(21(26)13-15)22-18-6-4-3-5-17(18)20(23)10-12-25(22)2;1-2/h3-10,13,22,26H,11-12,14,23H2,1-2H3;1-2H3. The third-order valence-corrected chi connectivity index (χ3v) is 5.39. The first-order valence-corrected chi connectivity index (χ1v) is 10.0. The van der Waals surface area contributed by atoms with Gasteiger partial charge in [0.2, 0.25) is 0 Å². The Labute approximate surface area is 168 Å². The van der Waals surface area contributed by atoms with E-state index in [0.717, 1.165) is 47.6 Å². The van der Waals surface area contributed by atoms with Crippen LogP contribution in [0.1, 0.15) is 42.1 Å². The molecule has 2 aliphatic rings. The molecule has 0 bridgehead atoms. The fraction of sp³-hybridized carbons (Fsp3) is 0.333. The highest BCUT2D eigenvalue weighted by Crippen LogP contribution is 2.39. The van der Waals surface area contributed by atoms with Crippen LogP contribution in [-0.2, 0) is 0 Å². The van der Waals surface area contributed by atoms with Gasteiger partial charge in [-0.1, -0.05) is 56.3 Å². The van der Waals surface area contributed by atoms with Gasteiger partial charge in [0, 0.05) is 36.5 Å². The topological polar surface area (TPSA) is 52.7 Å². The Hall–Kier alpha value is -2.56. The minimum atomic E-state index is -0.0298. The summed E-state index contributed by atoms with van der Waals surface area (Å²) in [7, 11) is 4.17. The molecule has 2 aliphatic heterocycles. The van der Waals surface area contributed by atoms with Gasteiger partial charge in [-0.3, -0.25) is 9.80 Å². The number of nitrogens with zero attached hydrogens (tertiary/aromatic N) is 2. The van der Waals surface area contributed by atoms with Crippen molar-refractivity contribution in [3.63, 3.8) is 0 Å². The normalized spacial score (nSPS) is 19.8. The Kier molecular flexibility index (Phi) is 6.22. The summed E-state index contributed by atoms with van der Waals surface area (Å²) in [6, 6.07) is 14.2.